The first-order chi connectivity index (χ1) is 9.92. The van der Waals surface area contributed by atoms with E-state index in [1.807, 2.05) is 26.8 Å². The summed E-state index contributed by atoms with van der Waals surface area (Å²) in [7, 11) is 0. The normalized spacial score (nSPS) is 22.8. The zero-order valence-corrected chi connectivity index (χ0v) is 13.1. The van der Waals surface area contributed by atoms with Gasteiger partial charge in [0.25, 0.3) is 0 Å². The highest BCUT2D eigenvalue weighted by Crippen LogP contribution is 2.20. The third kappa shape index (κ3) is 5.79. The minimum Gasteiger partial charge on any atom is -0.472 e. The van der Waals surface area contributed by atoms with Gasteiger partial charge in [0.15, 0.2) is 0 Å². The molecule has 2 rings (SSSR count). The number of furan rings is 1. The lowest BCUT2D eigenvalue weighted by Gasteiger charge is -2.31. The van der Waals surface area contributed by atoms with Gasteiger partial charge < -0.3 is 19.8 Å². The highest BCUT2D eigenvalue weighted by atomic mass is 16.6. The van der Waals surface area contributed by atoms with Crippen molar-refractivity contribution in [1.29, 1.82) is 0 Å². The lowest BCUT2D eigenvalue weighted by Crippen LogP contribution is -2.45. The van der Waals surface area contributed by atoms with Crippen LogP contribution in [0.2, 0.25) is 0 Å². The van der Waals surface area contributed by atoms with Gasteiger partial charge in [-0.25, -0.2) is 4.79 Å². The first-order valence-electron chi connectivity index (χ1n) is 7.66. The SMILES string of the molecule is CC(C)(C)OC(=O)NC1CCCC(NCc2ccoc2)C1. The molecule has 1 saturated carbocycles. The van der Waals surface area contributed by atoms with Gasteiger partial charge in [0.05, 0.1) is 12.5 Å². The summed E-state index contributed by atoms with van der Waals surface area (Å²) in [6.07, 6.45) is 7.34. The van der Waals surface area contributed by atoms with Crippen molar-refractivity contribution in [2.24, 2.45) is 0 Å². The van der Waals surface area contributed by atoms with E-state index in [0.717, 1.165) is 37.8 Å². The van der Waals surface area contributed by atoms with Crippen LogP contribution in [0.1, 0.15) is 52.0 Å². The Balaban J connectivity index is 1.74. The molecule has 1 aliphatic rings. The summed E-state index contributed by atoms with van der Waals surface area (Å²) >= 11 is 0. The van der Waals surface area contributed by atoms with Crippen LogP contribution >= 0.6 is 0 Å². The molecule has 1 aromatic heterocycles. The Kier molecular flexibility index (Phi) is 5.28. The Labute approximate surface area is 126 Å². The molecule has 0 aliphatic heterocycles. The highest BCUT2D eigenvalue weighted by molar-refractivity contribution is 5.68. The number of nitrogens with one attached hydrogen (secondary N) is 2. The summed E-state index contributed by atoms with van der Waals surface area (Å²) in [4.78, 5) is 11.8. The lowest BCUT2D eigenvalue weighted by molar-refractivity contribution is 0.0488. The number of alkyl carbamates (subject to hydrolysis) is 1. The molecule has 2 unspecified atom stereocenters. The van der Waals surface area contributed by atoms with E-state index in [1.54, 1.807) is 12.5 Å². The van der Waals surface area contributed by atoms with Crippen LogP contribution in [-0.2, 0) is 11.3 Å². The molecule has 0 bridgehead atoms. The number of hydrogen-bond acceptors (Lipinski definition) is 4. The summed E-state index contributed by atoms with van der Waals surface area (Å²) in [5.74, 6) is 0. The molecule has 2 atom stereocenters. The molecule has 1 aromatic rings. The van der Waals surface area contributed by atoms with Crippen LogP contribution in [0.4, 0.5) is 4.79 Å². The molecule has 0 radical (unpaired) electrons. The third-order valence-electron chi connectivity index (χ3n) is 3.57. The van der Waals surface area contributed by atoms with Gasteiger partial charge in [0.2, 0.25) is 0 Å². The molecular weight excluding hydrogens is 268 g/mol. The molecule has 1 heterocycles. The second-order valence-corrected chi connectivity index (χ2v) is 6.72. The van der Waals surface area contributed by atoms with Crippen molar-refractivity contribution >= 4 is 6.09 Å². The van der Waals surface area contributed by atoms with Gasteiger partial charge in [-0.2, -0.15) is 0 Å². The van der Waals surface area contributed by atoms with E-state index < -0.39 is 5.60 Å². The van der Waals surface area contributed by atoms with Gasteiger partial charge >= 0.3 is 6.09 Å². The first kappa shape index (κ1) is 15.9. The molecule has 2 N–H and O–H groups in total. The van der Waals surface area contributed by atoms with E-state index in [4.69, 9.17) is 9.15 Å². The Bertz CT molecular complexity index is 437. The van der Waals surface area contributed by atoms with Crippen molar-refractivity contribution in [1.82, 2.24) is 10.6 Å². The summed E-state index contributed by atoms with van der Waals surface area (Å²) in [6, 6.07) is 2.58. The fourth-order valence-electron chi connectivity index (χ4n) is 2.64. The summed E-state index contributed by atoms with van der Waals surface area (Å²) < 4.78 is 10.4. The Morgan fingerprint density at radius 2 is 2.14 bits per heavy atom. The van der Waals surface area contributed by atoms with Crippen LogP contribution in [0, 0.1) is 0 Å². The molecule has 1 amide bonds. The Hall–Kier alpha value is -1.49. The van der Waals surface area contributed by atoms with Gasteiger partial charge in [0, 0.05) is 24.2 Å². The summed E-state index contributed by atoms with van der Waals surface area (Å²) in [5.41, 5.74) is 0.703. The van der Waals surface area contributed by atoms with Gasteiger partial charge in [-0.1, -0.05) is 0 Å². The molecule has 21 heavy (non-hydrogen) atoms. The standard InChI is InChI=1S/C16H26N2O3/c1-16(2,3)21-15(19)18-14-6-4-5-13(9-14)17-10-12-7-8-20-11-12/h7-8,11,13-14,17H,4-6,9-10H2,1-3H3,(H,18,19). The van der Waals surface area contributed by atoms with E-state index in [1.165, 1.54) is 0 Å². The molecule has 0 saturated heterocycles. The maximum atomic E-state index is 11.8. The second-order valence-electron chi connectivity index (χ2n) is 6.72. The topological polar surface area (TPSA) is 63.5 Å². The smallest absolute Gasteiger partial charge is 0.407 e. The summed E-state index contributed by atoms with van der Waals surface area (Å²) in [6.45, 7) is 6.44. The van der Waals surface area contributed by atoms with Crippen LogP contribution in [0.15, 0.2) is 23.0 Å². The van der Waals surface area contributed by atoms with Gasteiger partial charge in [-0.15, -0.1) is 0 Å². The molecule has 5 heteroatoms. The van der Waals surface area contributed by atoms with Crippen molar-refractivity contribution in [2.45, 2.75) is 70.7 Å². The zero-order chi connectivity index (χ0) is 15.3. The average Bonchev–Trinajstić information content (AvgIpc) is 2.87. The fraction of sp³-hybridized carbons (Fsp3) is 0.688. The van der Waals surface area contributed by atoms with Gasteiger partial charge in [0.1, 0.15) is 5.60 Å². The number of amides is 1. The molecular formula is C16H26N2O3. The molecule has 0 spiro atoms. The maximum absolute atomic E-state index is 11.8. The van der Waals surface area contributed by atoms with Crippen molar-refractivity contribution in [2.75, 3.05) is 0 Å². The molecule has 1 aliphatic carbocycles. The number of carbonyl (C=O) groups is 1. The Morgan fingerprint density at radius 3 is 2.81 bits per heavy atom. The van der Waals surface area contributed by atoms with Gasteiger partial charge in [-0.05, 0) is 52.5 Å². The predicted molar refractivity (Wildman–Crippen MR) is 81.0 cm³/mol. The van der Waals surface area contributed by atoms with Crippen LogP contribution in [-0.4, -0.2) is 23.8 Å². The zero-order valence-electron chi connectivity index (χ0n) is 13.1. The van der Waals surface area contributed by atoms with Crippen molar-refractivity contribution in [3.63, 3.8) is 0 Å². The highest BCUT2D eigenvalue weighted by Gasteiger charge is 2.25. The predicted octanol–water partition coefficient (Wildman–Crippen LogP) is 3.21. The van der Waals surface area contributed by atoms with E-state index in [9.17, 15) is 4.79 Å². The molecule has 5 nitrogen and oxygen atoms in total. The van der Waals surface area contributed by atoms with E-state index in [0.29, 0.717) is 6.04 Å². The monoisotopic (exact) mass is 294 g/mol. The maximum Gasteiger partial charge on any atom is 0.407 e. The first-order valence-corrected chi connectivity index (χ1v) is 7.66. The minimum absolute atomic E-state index is 0.190. The number of carbonyl (C=O) groups excluding carboxylic acids is 1. The van der Waals surface area contributed by atoms with Crippen LogP contribution in [0.3, 0.4) is 0 Å². The van der Waals surface area contributed by atoms with E-state index >= 15 is 0 Å². The lowest BCUT2D eigenvalue weighted by atomic mass is 9.91. The van der Waals surface area contributed by atoms with Gasteiger partial charge in [-0.3, -0.25) is 0 Å². The Morgan fingerprint density at radius 1 is 1.38 bits per heavy atom. The van der Waals surface area contributed by atoms with Crippen molar-refractivity contribution in [3.05, 3.63) is 24.2 Å². The quantitative estimate of drug-likeness (QED) is 0.895. The minimum atomic E-state index is -0.447. The van der Waals surface area contributed by atoms with E-state index in [-0.39, 0.29) is 12.1 Å². The average molecular weight is 294 g/mol. The largest absolute Gasteiger partial charge is 0.472 e. The van der Waals surface area contributed by atoms with Crippen LogP contribution < -0.4 is 10.6 Å². The van der Waals surface area contributed by atoms with Crippen molar-refractivity contribution < 1.29 is 13.9 Å². The van der Waals surface area contributed by atoms with E-state index in [2.05, 4.69) is 10.6 Å². The summed E-state index contributed by atoms with van der Waals surface area (Å²) in [5, 5.41) is 6.50. The molecule has 0 aromatic carbocycles. The second kappa shape index (κ2) is 6.98. The molecule has 1 fully saturated rings. The number of hydrogen-bond donors (Lipinski definition) is 2. The van der Waals surface area contributed by atoms with Crippen LogP contribution in [0.25, 0.3) is 0 Å². The van der Waals surface area contributed by atoms with Crippen molar-refractivity contribution in [3.8, 4) is 0 Å². The number of ether oxygens (including phenoxy) is 1. The number of rotatable bonds is 4. The van der Waals surface area contributed by atoms with Crippen LogP contribution in [0.5, 0.6) is 0 Å². The third-order valence-corrected chi connectivity index (χ3v) is 3.57. The molecule has 118 valence electrons. The fourth-order valence-corrected chi connectivity index (χ4v) is 2.64.